The largest absolute Gasteiger partial charge is 0.273 e. The molecule has 2 N–H and O–H groups in total. The van der Waals surface area contributed by atoms with Crippen molar-refractivity contribution in [2.75, 3.05) is 0 Å². The number of nitrogens with zero attached hydrogens (tertiary/aromatic N) is 3. The number of rotatable bonds is 6. The Morgan fingerprint density at radius 1 is 1.43 bits per heavy atom. The van der Waals surface area contributed by atoms with Gasteiger partial charge in [-0.05, 0) is 6.92 Å². The van der Waals surface area contributed by atoms with Gasteiger partial charge in [0.1, 0.15) is 12.2 Å². The van der Waals surface area contributed by atoms with E-state index < -0.39 is 26.7 Å². The molecule has 0 spiro atoms. The molecule has 1 unspecified atom stereocenters. The van der Waals surface area contributed by atoms with E-state index in [1.54, 1.807) is 13.0 Å². The Morgan fingerprint density at radius 3 is 2.76 bits per heavy atom. The second kappa shape index (κ2) is 5.97. The molecule has 9 nitrogen and oxygen atoms in total. The monoisotopic (exact) mass is 311 g/mol. The van der Waals surface area contributed by atoms with E-state index in [0.717, 1.165) is 0 Å². The molecule has 0 saturated heterocycles. The van der Waals surface area contributed by atoms with Crippen LogP contribution < -0.4 is 4.72 Å². The highest BCUT2D eigenvalue weighted by Crippen LogP contribution is 2.20. The van der Waals surface area contributed by atoms with Gasteiger partial charge in [0, 0.05) is 11.6 Å². The maximum Gasteiger partial charge on any atom is 0.273 e. The maximum absolute atomic E-state index is 12.1. The lowest BCUT2D eigenvalue weighted by molar-refractivity contribution is -0.385. The van der Waals surface area contributed by atoms with Gasteiger partial charge in [0.05, 0.1) is 16.7 Å². The Balaban J connectivity index is 2.17. The SMILES string of the molecule is CC(NS(=O)(=O)Cc1ccccc1[N+](=O)[O-])c1ncn[nH]1. The van der Waals surface area contributed by atoms with Gasteiger partial charge >= 0.3 is 0 Å². The molecular formula is C11H13N5O4S. The van der Waals surface area contributed by atoms with E-state index in [2.05, 4.69) is 19.9 Å². The first-order valence-electron chi connectivity index (χ1n) is 5.96. The Hall–Kier alpha value is -2.33. The van der Waals surface area contributed by atoms with E-state index >= 15 is 0 Å². The molecule has 1 aromatic heterocycles. The van der Waals surface area contributed by atoms with Crippen molar-refractivity contribution in [2.24, 2.45) is 0 Å². The van der Waals surface area contributed by atoms with Gasteiger partial charge in [0.15, 0.2) is 0 Å². The number of aromatic nitrogens is 3. The molecule has 0 aliphatic heterocycles. The first kappa shape index (κ1) is 15.1. The summed E-state index contributed by atoms with van der Waals surface area (Å²) in [6.45, 7) is 1.59. The molecule has 0 saturated carbocycles. The van der Waals surface area contributed by atoms with Gasteiger partial charge in [0.25, 0.3) is 5.69 Å². The number of nitrogens with one attached hydrogen (secondary N) is 2. The van der Waals surface area contributed by atoms with Crippen molar-refractivity contribution in [3.63, 3.8) is 0 Å². The second-order valence-corrected chi connectivity index (χ2v) is 6.11. The van der Waals surface area contributed by atoms with Crippen molar-refractivity contribution in [3.8, 4) is 0 Å². The van der Waals surface area contributed by atoms with Crippen molar-refractivity contribution >= 4 is 15.7 Å². The fraction of sp³-hybridized carbons (Fsp3) is 0.273. The van der Waals surface area contributed by atoms with Crippen LogP contribution in [0.3, 0.4) is 0 Å². The number of hydrogen-bond donors (Lipinski definition) is 2. The maximum atomic E-state index is 12.1. The fourth-order valence-corrected chi connectivity index (χ4v) is 3.19. The van der Waals surface area contributed by atoms with Crippen LogP contribution in [0.4, 0.5) is 5.69 Å². The van der Waals surface area contributed by atoms with Crippen LogP contribution in [0.15, 0.2) is 30.6 Å². The first-order chi connectivity index (χ1) is 9.89. The summed E-state index contributed by atoms with van der Waals surface area (Å²) < 4.78 is 26.6. The number of sulfonamides is 1. The lowest BCUT2D eigenvalue weighted by Crippen LogP contribution is -2.29. The molecular weight excluding hydrogens is 298 g/mol. The molecule has 2 aromatic rings. The van der Waals surface area contributed by atoms with Gasteiger partial charge in [-0.3, -0.25) is 15.2 Å². The molecule has 0 aliphatic carbocycles. The molecule has 10 heteroatoms. The van der Waals surface area contributed by atoms with Gasteiger partial charge in [-0.2, -0.15) is 5.10 Å². The van der Waals surface area contributed by atoms with Crippen molar-refractivity contribution < 1.29 is 13.3 Å². The van der Waals surface area contributed by atoms with Crippen LogP contribution in [0.25, 0.3) is 0 Å². The highest BCUT2D eigenvalue weighted by molar-refractivity contribution is 7.88. The van der Waals surface area contributed by atoms with Crippen molar-refractivity contribution in [2.45, 2.75) is 18.7 Å². The molecule has 1 heterocycles. The van der Waals surface area contributed by atoms with E-state index in [9.17, 15) is 18.5 Å². The number of nitro benzene ring substituents is 1. The summed E-state index contributed by atoms with van der Waals surface area (Å²) in [5, 5.41) is 17.1. The Labute approximate surface area is 120 Å². The summed E-state index contributed by atoms with van der Waals surface area (Å²) in [7, 11) is -3.76. The molecule has 1 aromatic carbocycles. The van der Waals surface area contributed by atoms with E-state index in [4.69, 9.17) is 0 Å². The second-order valence-electron chi connectivity index (χ2n) is 4.36. The van der Waals surface area contributed by atoms with E-state index in [1.165, 1.54) is 24.5 Å². The zero-order valence-corrected chi connectivity index (χ0v) is 11.9. The predicted molar refractivity (Wildman–Crippen MR) is 73.7 cm³/mol. The zero-order chi connectivity index (χ0) is 15.5. The molecule has 1 atom stereocenters. The van der Waals surface area contributed by atoms with Gasteiger partial charge in [-0.15, -0.1) is 0 Å². The minimum Gasteiger partial charge on any atom is -0.262 e. The number of nitro groups is 1. The molecule has 2 rings (SSSR count). The highest BCUT2D eigenvalue weighted by atomic mass is 32.2. The molecule has 21 heavy (non-hydrogen) atoms. The lowest BCUT2D eigenvalue weighted by Gasteiger charge is -2.11. The lowest BCUT2D eigenvalue weighted by atomic mass is 10.2. The van der Waals surface area contributed by atoms with Crippen molar-refractivity contribution in [1.82, 2.24) is 19.9 Å². The molecule has 0 aliphatic rings. The minimum absolute atomic E-state index is 0.125. The third-order valence-electron chi connectivity index (χ3n) is 2.73. The number of benzene rings is 1. The first-order valence-corrected chi connectivity index (χ1v) is 7.62. The normalized spacial score (nSPS) is 13.0. The molecule has 0 amide bonds. The van der Waals surface area contributed by atoms with Crippen molar-refractivity contribution in [3.05, 3.63) is 52.1 Å². The minimum atomic E-state index is -3.76. The van der Waals surface area contributed by atoms with E-state index in [0.29, 0.717) is 5.82 Å². The van der Waals surface area contributed by atoms with Gasteiger partial charge in [0.2, 0.25) is 10.0 Å². The van der Waals surface area contributed by atoms with Gasteiger partial charge in [-0.1, -0.05) is 18.2 Å². The van der Waals surface area contributed by atoms with Crippen LogP contribution in [0.5, 0.6) is 0 Å². The smallest absolute Gasteiger partial charge is 0.262 e. The van der Waals surface area contributed by atoms with Crippen LogP contribution in [0, 0.1) is 10.1 Å². The number of aromatic amines is 1. The highest BCUT2D eigenvalue weighted by Gasteiger charge is 2.22. The van der Waals surface area contributed by atoms with E-state index in [-0.39, 0.29) is 11.3 Å². The fourth-order valence-electron chi connectivity index (χ4n) is 1.81. The Morgan fingerprint density at radius 2 is 2.14 bits per heavy atom. The van der Waals surface area contributed by atoms with Crippen LogP contribution >= 0.6 is 0 Å². The standard InChI is InChI=1S/C11H13N5O4S/c1-8(11-12-7-13-14-11)15-21(19,20)6-9-4-2-3-5-10(9)16(17)18/h2-5,7-8,15H,6H2,1H3,(H,12,13,14). The Kier molecular flexibility index (Phi) is 4.29. The average molecular weight is 311 g/mol. The van der Waals surface area contributed by atoms with Gasteiger partial charge in [-0.25, -0.2) is 18.1 Å². The number of para-hydroxylation sites is 1. The summed E-state index contributed by atoms with van der Waals surface area (Å²) in [5.41, 5.74) is -0.102. The quantitative estimate of drug-likeness (QED) is 0.601. The van der Waals surface area contributed by atoms with Crippen LogP contribution in [0.2, 0.25) is 0 Å². The summed E-state index contributed by atoms with van der Waals surface area (Å²) in [6, 6.07) is 5.11. The molecule has 0 bridgehead atoms. The van der Waals surface area contributed by atoms with Gasteiger partial charge < -0.3 is 0 Å². The number of hydrogen-bond acceptors (Lipinski definition) is 6. The topological polar surface area (TPSA) is 131 Å². The summed E-state index contributed by atoms with van der Waals surface area (Å²) in [4.78, 5) is 14.1. The summed E-state index contributed by atoms with van der Waals surface area (Å²) >= 11 is 0. The van der Waals surface area contributed by atoms with E-state index in [1.807, 2.05) is 0 Å². The molecule has 0 fully saturated rings. The predicted octanol–water partition coefficient (Wildman–Crippen LogP) is 0.893. The molecule has 112 valence electrons. The Bertz CT molecular complexity index is 729. The van der Waals surface area contributed by atoms with Crippen LogP contribution in [0.1, 0.15) is 24.4 Å². The van der Waals surface area contributed by atoms with Crippen molar-refractivity contribution in [1.29, 1.82) is 0 Å². The van der Waals surface area contributed by atoms with Crippen LogP contribution in [-0.2, 0) is 15.8 Å². The van der Waals surface area contributed by atoms with Crippen LogP contribution in [-0.4, -0.2) is 28.5 Å². The summed E-state index contributed by atoms with van der Waals surface area (Å²) in [6.07, 6.45) is 1.27. The third kappa shape index (κ3) is 3.83. The zero-order valence-electron chi connectivity index (χ0n) is 11.1. The summed E-state index contributed by atoms with van der Waals surface area (Å²) in [5.74, 6) is -0.121. The third-order valence-corrected chi connectivity index (χ3v) is 4.14. The average Bonchev–Trinajstić information content (AvgIpc) is 2.91. The molecule has 0 radical (unpaired) electrons. The number of H-pyrrole nitrogens is 1.